The van der Waals surface area contributed by atoms with Gasteiger partial charge >= 0.3 is 11.9 Å². The van der Waals surface area contributed by atoms with E-state index in [1.165, 1.54) is 0 Å². The summed E-state index contributed by atoms with van der Waals surface area (Å²) in [7, 11) is 0. The van der Waals surface area contributed by atoms with Gasteiger partial charge in [0.05, 0.1) is 0 Å². The van der Waals surface area contributed by atoms with Crippen LogP contribution in [0, 0.1) is 0 Å². The molecule has 0 aromatic heterocycles. The highest BCUT2D eigenvalue weighted by atomic mass is 16.4. The second-order valence-corrected chi connectivity index (χ2v) is 3.14. The van der Waals surface area contributed by atoms with Crippen molar-refractivity contribution >= 4 is 17.8 Å². The first-order valence-corrected chi connectivity index (χ1v) is 4.71. The second-order valence-electron chi connectivity index (χ2n) is 3.14. The summed E-state index contributed by atoms with van der Waals surface area (Å²) < 4.78 is 0. The Morgan fingerprint density at radius 2 is 1.80 bits per heavy atom. The zero-order valence-corrected chi connectivity index (χ0v) is 8.52. The van der Waals surface area contributed by atoms with Gasteiger partial charge in [-0.25, -0.2) is 4.79 Å². The molecule has 6 heteroatoms. The van der Waals surface area contributed by atoms with E-state index in [9.17, 15) is 14.4 Å². The predicted molar refractivity (Wildman–Crippen MR) is 51.3 cm³/mol. The van der Waals surface area contributed by atoms with E-state index in [1.54, 1.807) is 6.92 Å². The topological polar surface area (TPSA) is 104 Å². The highest BCUT2D eigenvalue weighted by Gasteiger charge is 2.20. The van der Waals surface area contributed by atoms with Crippen molar-refractivity contribution in [3.63, 3.8) is 0 Å². The molecule has 86 valence electrons. The van der Waals surface area contributed by atoms with Gasteiger partial charge < -0.3 is 15.5 Å². The minimum Gasteiger partial charge on any atom is -0.481 e. The van der Waals surface area contributed by atoms with Crippen molar-refractivity contribution in [2.24, 2.45) is 0 Å². The Morgan fingerprint density at radius 3 is 2.20 bits per heavy atom. The van der Waals surface area contributed by atoms with E-state index in [2.05, 4.69) is 5.32 Å². The van der Waals surface area contributed by atoms with E-state index in [1.807, 2.05) is 0 Å². The van der Waals surface area contributed by atoms with Gasteiger partial charge in [0.25, 0.3) is 0 Å². The zero-order valence-electron chi connectivity index (χ0n) is 8.52. The lowest BCUT2D eigenvalue weighted by atomic mass is 10.1. The first-order valence-electron chi connectivity index (χ1n) is 4.71. The van der Waals surface area contributed by atoms with E-state index < -0.39 is 18.0 Å². The van der Waals surface area contributed by atoms with Gasteiger partial charge in [0.2, 0.25) is 5.91 Å². The molecule has 0 spiro atoms. The van der Waals surface area contributed by atoms with Gasteiger partial charge in [0.15, 0.2) is 0 Å². The van der Waals surface area contributed by atoms with Gasteiger partial charge in [-0.15, -0.1) is 0 Å². The summed E-state index contributed by atoms with van der Waals surface area (Å²) in [5, 5.41) is 19.3. The van der Waals surface area contributed by atoms with Crippen molar-refractivity contribution in [2.45, 2.75) is 38.6 Å². The molecule has 0 aliphatic heterocycles. The van der Waals surface area contributed by atoms with E-state index in [4.69, 9.17) is 10.2 Å². The molecule has 0 radical (unpaired) electrons. The standard InChI is InChI=1S/C9H15NO5/c1-2-3-7(11)10-6(9(14)15)4-5-8(12)13/h6H,2-5H2,1H3,(H,10,11)(H,12,13)(H,14,15)/t6-/m1/s1. The minimum atomic E-state index is -1.21. The zero-order chi connectivity index (χ0) is 11.8. The van der Waals surface area contributed by atoms with Crippen LogP contribution in [0.2, 0.25) is 0 Å². The summed E-state index contributed by atoms with van der Waals surface area (Å²) in [4.78, 5) is 32.0. The Kier molecular flexibility index (Phi) is 6.08. The van der Waals surface area contributed by atoms with E-state index in [-0.39, 0.29) is 25.2 Å². The number of nitrogens with one attached hydrogen (secondary N) is 1. The van der Waals surface area contributed by atoms with Gasteiger partial charge in [0.1, 0.15) is 6.04 Å². The maximum atomic E-state index is 11.1. The fourth-order valence-electron chi connectivity index (χ4n) is 1.02. The van der Waals surface area contributed by atoms with Crippen LogP contribution >= 0.6 is 0 Å². The third kappa shape index (κ3) is 6.48. The van der Waals surface area contributed by atoms with Crippen LogP contribution in [-0.4, -0.2) is 34.1 Å². The summed E-state index contributed by atoms with van der Waals surface area (Å²) in [5.74, 6) is -2.65. The van der Waals surface area contributed by atoms with Gasteiger partial charge in [-0.3, -0.25) is 9.59 Å². The third-order valence-electron chi connectivity index (χ3n) is 1.76. The van der Waals surface area contributed by atoms with Crippen LogP contribution in [0.15, 0.2) is 0 Å². The molecule has 1 atom stereocenters. The predicted octanol–water partition coefficient (Wildman–Crippen LogP) is 0.221. The van der Waals surface area contributed by atoms with Crippen molar-refractivity contribution in [3.05, 3.63) is 0 Å². The molecule has 0 aromatic carbocycles. The number of carbonyl (C=O) groups is 3. The van der Waals surface area contributed by atoms with Gasteiger partial charge in [0, 0.05) is 12.8 Å². The molecule has 3 N–H and O–H groups in total. The maximum Gasteiger partial charge on any atom is 0.326 e. The van der Waals surface area contributed by atoms with Gasteiger partial charge in [-0.05, 0) is 12.8 Å². The molecule has 15 heavy (non-hydrogen) atoms. The summed E-state index contributed by atoms with van der Waals surface area (Å²) in [6.07, 6.45) is 0.497. The molecule has 0 fully saturated rings. The third-order valence-corrected chi connectivity index (χ3v) is 1.76. The Labute approximate surface area is 87.3 Å². The minimum absolute atomic E-state index is 0.0971. The second kappa shape index (κ2) is 6.80. The average molecular weight is 217 g/mol. The molecule has 0 aliphatic rings. The number of amides is 1. The molecule has 1 amide bonds. The lowest BCUT2D eigenvalue weighted by molar-refractivity contribution is -0.143. The SMILES string of the molecule is CCCC(=O)N[C@H](CCC(=O)O)C(=O)O. The highest BCUT2D eigenvalue weighted by Crippen LogP contribution is 1.99. The van der Waals surface area contributed by atoms with Gasteiger partial charge in [-0.1, -0.05) is 6.92 Å². The molecule has 0 saturated carbocycles. The summed E-state index contributed by atoms with van der Waals surface area (Å²) in [6.45, 7) is 1.80. The monoisotopic (exact) mass is 217 g/mol. The quantitative estimate of drug-likeness (QED) is 0.566. The Bertz CT molecular complexity index is 251. The molecule has 0 aliphatic carbocycles. The van der Waals surface area contributed by atoms with Crippen LogP contribution in [0.4, 0.5) is 0 Å². The van der Waals surface area contributed by atoms with Crippen molar-refractivity contribution in [1.82, 2.24) is 5.32 Å². The normalized spacial score (nSPS) is 11.8. The number of aliphatic carboxylic acids is 2. The van der Waals surface area contributed by atoms with E-state index in [0.717, 1.165) is 0 Å². The Morgan fingerprint density at radius 1 is 1.20 bits per heavy atom. The van der Waals surface area contributed by atoms with Crippen molar-refractivity contribution in [1.29, 1.82) is 0 Å². The largest absolute Gasteiger partial charge is 0.481 e. The van der Waals surface area contributed by atoms with E-state index in [0.29, 0.717) is 6.42 Å². The lowest BCUT2D eigenvalue weighted by Crippen LogP contribution is -2.40. The first kappa shape index (κ1) is 13.4. The fraction of sp³-hybridized carbons (Fsp3) is 0.667. The van der Waals surface area contributed by atoms with Crippen LogP contribution in [0.3, 0.4) is 0 Å². The molecule has 6 nitrogen and oxygen atoms in total. The molecule has 0 bridgehead atoms. The molecule has 0 aromatic rings. The number of carboxylic acid groups (broad SMARTS) is 2. The fourth-order valence-corrected chi connectivity index (χ4v) is 1.02. The maximum absolute atomic E-state index is 11.1. The summed E-state index contributed by atoms with van der Waals surface area (Å²) >= 11 is 0. The van der Waals surface area contributed by atoms with Crippen LogP contribution in [-0.2, 0) is 14.4 Å². The number of carbonyl (C=O) groups excluding carboxylic acids is 1. The Balaban J connectivity index is 4.10. The molecular formula is C9H15NO5. The highest BCUT2D eigenvalue weighted by molar-refractivity contribution is 5.83. The lowest BCUT2D eigenvalue weighted by Gasteiger charge is -2.12. The van der Waals surface area contributed by atoms with Crippen molar-refractivity contribution < 1.29 is 24.6 Å². The molecular weight excluding hydrogens is 202 g/mol. The summed E-state index contributed by atoms with van der Waals surface area (Å²) in [6, 6.07) is -1.11. The van der Waals surface area contributed by atoms with Crippen LogP contribution in [0.25, 0.3) is 0 Å². The van der Waals surface area contributed by atoms with Crippen LogP contribution in [0.5, 0.6) is 0 Å². The van der Waals surface area contributed by atoms with Crippen molar-refractivity contribution in [3.8, 4) is 0 Å². The van der Waals surface area contributed by atoms with E-state index >= 15 is 0 Å². The average Bonchev–Trinajstić information content (AvgIpc) is 2.11. The molecule has 0 rings (SSSR count). The molecule has 0 saturated heterocycles. The molecule has 0 unspecified atom stereocenters. The Hall–Kier alpha value is -1.59. The number of hydrogen-bond donors (Lipinski definition) is 3. The molecule has 0 heterocycles. The van der Waals surface area contributed by atoms with Crippen LogP contribution in [0.1, 0.15) is 32.6 Å². The van der Waals surface area contributed by atoms with Gasteiger partial charge in [-0.2, -0.15) is 0 Å². The number of rotatable bonds is 7. The van der Waals surface area contributed by atoms with Crippen LogP contribution < -0.4 is 5.32 Å². The smallest absolute Gasteiger partial charge is 0.326 e. The first-order chi connectivity index (χ1) is 6.97. The number of hydrogen-bond acceptors (Lipinski definition) is 3. The van der Waals surface area contributed by atoms with Crippen molar-refractivity contribution in [2.75, 3.05) is 0 Å². The number of carboxylic acids is 2. The summed E-state index contributed by atoms with van der Waals surface area (Å²) in [5.41, 5.74) is 0.